The Balaban J connectivity index is 1.78. The smallest absolute Gasteiger partial charge is 0.437 e. The molecule has 0 aliphatic heterocycles. The molecule has 0 saturated carbocycles. The van der Waals surface area contributed by atoms with Crippen LogP contribution in [0, 0.1) is 6.92 Å². The summed E-state index contributed by atoms with van der Waals surface area (Å²) in [4.78, 5) is 24.2. The molecule has 0 bridgehead atoms. The van der Waals surface area contributed by atoms with Crippen LogP contribution in [0.3, 0.4) is 0 Å². The van der Waals surface area contributed by atoms with Gasteiger partial charge in [-0.05, 0) is 46.6 Å². The Morgan fingerprint density at radius 2 is 2.15 bits per heavy atom. The van der Waals surface area contributed by atoms with Crippen LogP contribution in [0.1, 0.15) is 5.56 Å². The molecule has 3 aromatic rings. The van der Waals surface area contributed by atoms with Crippen LogP contribution in [0.4, 0.5) is 5.69 Å². The summed E-state index contributed by atoms with van der Waals surface area (Å²) in [7, 11) is 1.46. The summed E-state index contributed by atoms with van der Waals surface area (Å²) in [5.74, 6) is -0.603. The standard InChI is InChI=1S/C16H13BrClN3O5/c1-8-5-10(12(24-2)6-9(8)18)19-14(22)7-21-16(23)26-15(20-21)11-3-4-13(17)25-11/h3-6H,7H2,1-2H3,(H,19,22). The number of hydrogen-bond donors (Lipinski definition) is 1. The van der Waals surface area contributed by atoms with Gasteiger partial charge >= 0.3 is 5.76 Å². The number of halogens is 2. The summed E-state index contributed by atoms with van der Waals surface area (Å²) in [5.41, 5.74) is 1.21. The molecule has 2 heterocycles. The van der Waals surface area contributed by atoms with Crippen molar-refractivity contribution in [2.45, 2.75) is 13.5 Å². The molecule has 3 rings (SSSR count). The van der Waals surface area contributed by atoms with Crippen LogP contribution < -0.4 is 15.8 Å². The van der Waals surface area contributed by atoms with Crippen molar-refractivity contribution in [1.82, 2.24) is 9.78 Å². The third kappa shape index (κ3) is 3.83. The topological polar surface area (TPSA) is 99.5 Å². The van der Waals surface area contributed by atoms with Crippen molar-refractivity contribution < 1.29 is 18.4 Å². The van der Waals surface area contributed by atoms with Crippen LogP contribution in [-0.2, 0) is 11.3 Å². The van der Waals surface area contributed by atoms with Gasteiger partial charge in [-0.1, -0.05) is 11.6 Å². The quantitative estimate of drug-likeness (QED) is 0.649. The minimum Gasteiger partial charge on any atom is -0.495 e. The molecule has 1 amide bonds. The second-order valence-electron chi connectivity index (χ2n) is 5.28. The molecule has 26 heavy (non-hydrogen) atoms. The summed E-state index contributed by atoms with van der Waals surface area (Å²) >= 11 is 9.19. The van der Waals surface area contributed by atoms with Gasteiger partial charge in [0.25, 0.3) is 5.89 Å². The summed E-state index contributed by atoms with van der Waals surface area (Å²) < 4.78 is 16.8. The van der Waals surface area contributed by atoms with E-state index < -0.39 is 11.7 Å². The lowest BCUT2D eigenvalue weighted by atomic mass is 10.2. The van der Waals surface area contributed by atoms with Crippen LogP contribution in [0.2, 0.25) is 5.02 Å². The first-order chi connectivity index (χ1) is 12.4. The van der Waals surface area contributed by atoms with E-state index in [2.05, 4.69) is 26.3 Å². The Labute approximate surface area is 160 Å². The second-order valence-corrected chi connectivity index (χ2v) is 6.47. The number of rotatable bonds is 5. The maximum Gasteiger partial charge on any atom is 0.437 e. The fraction of sp³-hybridized carbons (Fsp3) is 0.188. The molecular weight excluding hydrogens is 430 g/mol. The highest BCUT2D eigenvalue weighted by Crippen LogP contribution is 2.31. The van der Waals surface area contributed by atoms with Gasteiger partial charge in [0.2, 0.25) is 5.91 Å². The predicted molar refractivity (Wildman–Crippen MR) is 97.5 cm³/mol. The van der Waals surface area contributed by atoms with Gasteiger partial charge in [-0.15, -0.1) is 5.10 Å². The lowest BCUT2D eigenvalue weighted by molar-refractivity contribution is -0.117. The first kappa shape index (κ1) is 18.3. The number of nitrogens with zero attached hydrogens (tertiary/aromatic N) is 2. The summed E-state index contributed by atoms with van der Waals surface area (Å²) in [6, 6.07) is 6.50. The maximum atomic E-state index is 12.3. The molecule has 0 spiro atoms. The Morgan fingerprint density at radius 1 is 1.38 bits per heavy atom. The third-order valence-electron chi connectivity index (χ3n) is 3.44. The summed E-state index contributed by atoms with van der Waals surface area (Å²) in [6.45, 7) is 1.46. The van der Waals surface area contributed by atoms with Crippen LogP contribution in [-0.4, -0.2) is 22.8 Å². The molecule has 0 fully saturated rings. The van der Waals surface area contributed by atoms with Gasteiger partial charge in [0.1, 0.15) is 12.3 Å². The molecule has 8 nitrogen and oxygen atoms in total. The number of carbonyl (C=O) groups excluding carboxylic acids is 1. The number of aromatic nitrogens is 2. The van der Waals surface area contributed by atoms with Crippen molar-refractivity contribution in [3.63, 3.8) is 0 Å². The Kier molecular flexibility index (Phi) is 5.19. The average Bonchev–Trinajstić information content (AvgIpc) is 3.17. The summed E-state index contributed by atoms with van der Waals surface area (Å²) in [5, 5.41) is 7.14. The average molecular weight is 443 g/mol. The zero-order chi connectivity index (χ0) is 18.8. The minimum atomic E-state index is -0.776. The van der Waals surface area contributed by atoms with Crippen LogP contribution in [0.25, 0.3) is 11.7 Å². The van der Waals surface area contributed by atoms with Gasteiger partial charge < -0.3 is 18.9 Å². The zero-order valence-corrected chi connectivity index (χ0v) is 16.1. The largest absolute Gasteiger partial charge is 0.495 e. The molecular formula is C16H13BrClN3O5. The fourth-order valence-electron chi connectivity index (χ4n) is 2.19. The SMILES string of the molecule is COc1cc(Cl)c(C)cc1NC(=O)Cn1nc(-c2ccc(Br)o2)oc1=O. The number of anilines is 1. The number of nitrogens with one attached hydrogen (secondary N) is 1. The number of methoxy groups -OCH3 is 1. The number of furan rings is 1. The highest BCUT2D eigenvalue weighted by atomic mass is 79.9. The van der Waals surface area contributed by atoms with Gasteiger partial charge in [0.05, 0.1) is 12.8 Å². The maximum absolute atomic E-state index is 12.3. The van der Waals surface area contributed by atoms with E-state index in [1.54, 1.807) is 31.2 Å². The van der Waals surface area contributed by atoms with Gasteiger partial charge in [0, 0.05) is 11.1 Å². The molecule has 1 aromatic carbocycles. The van der Waals surface area contributed by atoms with Gasteiger partial charge in [0.15, 0.2) is 10.4 Å². The molecule has 0 aliphatic rings. The highest BCUT2D eigenvalue weighted by molar-refractivity contribution is 9.10. The Hall–Kier alpha value is -2.52. The van der Waals surface area contributed by atoms with Crippen molar-refractivity contribution in [1.29, 1.82) is 0 Å². The van der Waals surface area contributed by atoms with E-state index in [-0.39, 0.29) is 18.2 Å². The highest BCUT2D eigenvalue weighted by Gasteiger charge is 2.17. The minimum absolute atomic E-state index is 0.0200. The third-order valence-corrected chi connectivity index (χ3v) is 4.27. The first-order valence-corrected chi connectivity index (χ1v) is 8.52. The lowest BCUT2D eigenvalue weighted by Crippen LogP contribution is -2.26. The fourth-order valence-corrected chi connectivity index (χ4v) is 2.65. The van der Waals surface area contributed by atoms with E-state index in [1.807, 2.05) is 0 Å². The monoisotopic (exact) mass is 441 g/mol. The van der Waals surface area contributed by atoms with E-state index in [4.69, 9.17) is 25.2 Å². The molecule has 0 atom stereocenters. The number of carbonyl (C=O) groups is 1. The Bertz CT molecular complexity index is 1020. The lowest BCUT2D eigenvalue weighted by Gasteiger charge is -2.12. The summed E-state index contributed by atoms with van der Waals surface area (Å²) in [6.07, 6.45) is 0. The van der Waals surface area contributed by atoms with Gasteiger partial charge in [-0.3, -0.25) is 4.79 Å². The number of aryl methyl sites for hydroxylation is 1. The number of ether oxygens (including phenoxy) is 1. The molecule has 2 aromatic heterocycles. The van der Waals surface area contributed by atoms with E-state index in [1.165, 1.54) is 7.11 Å². The molecule has 0 saturated heterocycles. The zero-order valence-electron chi connectivity index (χ0n) is 13.7. The van der Waals surface area contributed by atoms with E-state index >= 15 is 0 Å². The van der Waals surface area contributed by atoms with E-state index in [0.29, 0.717) is 21.1 Å². The Morgan fingerprint density at radius 3 is 2.81 bits per heavy atom. The van der Waals surface area contributed by atoms with Gasteiger partial charge in [-0.25, -0.2) is 4.79 Å². The number of hydrogen-bond acceptors (Lipinski definition) is 6. The van der Waals surface area contributed by atoms with Crippen molar-refractivity contribution >= 4 is 39.1 Å². The van der Waals surface area contributed by atoms with Crippen LogP contribution in [0.15, 0.2) is 42.6 Å². The van der Waals surface area contributed by atoms with Crippen molar-refractivity contribution in [2.24, 2.45) is 0 Å². The van der Waals surface area contributed by atoms with Crippen molar-refractivity contribution in [3.05, 3.63) is 50.1 Å². The van der Waals surface area contributed by atoms with Crippen LogP contribution >= 0.6 is 27.5 Å². The van der Waals surface area contributed by atoms with Crippen molar-refractivity contribution in [3.8, 4) is 17.4 Å². The first-order valence-electron chi connectivity index (χ1n) is 7.35. The normalized spacial score (nSPS) is 10.8. The van der Waals surface area contributed by atoms with Gasteiger partial charge in [-0.2, -0.15) is 4.68 Å². The second kappa shape index (κ2) is 7.38. The van der Waals surface area contributed by atoms with E-state index in [9.17, 15) is 9.59 Å². The molecule has 0 radical (unpaired) electrons. The molecule has 10 heteroatoms. The number of benzene rings is 1. The molecule has 0 aliphatic carbocycles. The molecule has 0 unspecified atom stereocenters. The van der Waals surface area contributed by atoms with Crippen LogP contribution in [0.5, 0.6) is 5.75 Å². The molecule has 1 N–H and O–H groups in total. The van der Waals surface area contributed by atoms with Crippen molar-refractivity contribution in [2.75, 3.05) is 12.4 Å². The predicted octanol–water partition coefficient (Wildman–Crippen LogP) is 3.47. The molecule has 136 valence electrons. The number of amides is 1. The van der Waals surface area contributed by atoms with E-state index in [0.717, 1.165) is 10.2 Å².